The Hall–Kier alpha value is -2.80. The minimum atomic E-state index is -0.0608. The lowest BCUT2D eigenvalue weighted by Gasteiger charge is -2.17. The fourth-order valence-electron chi connectivity index (χ4n) is 1.88. The lowest BCUT2D eigenvalue weighted by molar-refractivity contribution is 0.0785. The molecule has 0 bridgehead atoms. The topological polar surface area (TPSA) is 70.1 Å². The van der Waals surface area contributed by atoms with Crippen LogP contribution in [-0.2, 0) is 6.54 Å². The van der Waals surface area contributed by atoms with Gasteiger partial charge in [0.05, 0.1) is 11.6 Å². The summed E-state index contributed by atoms with van der Waals surface area (Å²) in [5.41, 5.74) is 8.44. The number of rotatable bonds is 3. The number of carbonyl (C=O) groups is 1. The number of nitrogens with zero attached hydrogens (tertiary/aromatic N) is 2. The summed E-state index contributed by atoms with van der Waals surface area (Å²) in [5, 5.41) is 8.74. The summed E-state index contributed by atoms with van der Waals surface area (Å²) in [6, 6.07) is 16.1. The highest BCUT2D eigenvalue weighted by molar-refractivity contribution is 5.94. The third-order valence-electron chi connectivity index (χ3n) is 3.01. The Labute approximate surface area is 118 Å². The van der Waals surface area contributed by atoms with Crippen LogP contribution >= 0.6 is 0 Å². The van der Waals surface area contributed by atoms with Gasteiger partial charge in [-0.25, -0.2) is 0 Å². The van der Waals surface area contributed by atoms with E-state index in [9.17, 15) is 4.79 Å². The minimum Gasteiger partial charge on any atom is -0.399 e. The van der Waals surface area contributed by atoms with E-state index in [-0.39, 0.29) is 5.91 Å². The van der Waals surface area contributed by atoms with Gasteiger partial charge in [0, 0.05) is 24.8 Å². The molecular formula is C16H15N3O. The second-order valence-electron chi connectivity index (χ2n) is 4.59. The van der Waals surface area contributed by atoms with Crippen molar-refractivity contribution in [3.05, 3.63) is 65.2 Å². The van der Waals surface area contributed by atoms with Gasteiger partial charge >= 0.3 is 0 Å². The molecule has 0 aromatic heterocycles. The van der Waals surface area contributed by atoms with Gasteiger partial charge in [-0.1, -0.05) is 12.1 Å². The zero-order valence-electron chi connectivity index (χ0n) is 11.2. The van der Waals surface area contributed by atoms with Crippen LogP contribution in [-0.4, -0.2) is 17.9 Å². The molecule has 0 spiro atoms. The fraction of sp³-hybridized carbons (Fsp3) is 0.125. The minimum absolute atomic E-state index is 0.0608. The number of benzene rings is 2. The van der Waals surface area contributed by atoms with E-state index in [1.807, 2.05) is 12.1 Å². The summed E-state index contributed by atoms with van der Waals surface area (Å²) in [4.78, 5) is 13.8. The van der Waals surface area contributed by atoms with Gasteiger partial charge in [-0.15, -0.1) is 0 Å². The molecule has 2 rings (SSSR count). The molecule has 0 aliphatic carbocycles. The first-order chi connectivity index (χ1) is 9.60. The second-order valence-corrected chi connectivity index (χ2v) is 4.59. The maximum Gasteiger partial charge on any atom is 0.253 e. The quantitative estimate of drug-likeness (QED) is 0.866. The van der Waals surface area contributed by atoms with Crippen molar-refractivity contribution in [2.24, 2.45) is 0 Å². The van der Waals surface area contributed by atoms with Gasteiger partial charge < -0.3 is 10.6 Å². The monoisotopic (exact) mass is 265 g/mol. The summed E-state index contributed by atoms with van der Waals surface area (Å²) in [5.74, 6) is -0.0608. The van der Waals surface area contributed by atoms with E-state index in [0.29, 0.717) is 23.4 Å². The first-order valence-corrected chi connectivity index (χ1v) is 6.20. The number of amides is 1. The van der Waals surface area contributed by atoms with E-state index in [4.69, 9.17) is 11.0 Å². The Morgan fingerprint density at radius 3 is 2.30 bits per heavy atom. The Bertz CT molecular complexity index is 639. The fourth-order valence-corrected chi connectivity index (χ4v) is 1.88. The van der Waals surface area contributed by atoms with Crippen LogP contribution in [0.3, 0.4) is 0 Å². The first kappa shape index (κ1) is 13.6. The molecule has 4 nitrogen and oxygen atoms in total. The summed E-state index contributed by atoms with van der Waals surface area (Å²) < 4.78 is 0. The van der Waals surface area contributed by atoms with E-state index in [2.05, 4.69) is 6.07 Å². The molecule has 0 atom stereocenters. The molecule has 0 radical (unpaired) electrons. The number of hydrogen-bond donors (Lipinski definition) is 1. The lowest BCUT2D eigenvalue weighted by Crippen LogP contribution is -2.26. The molecule has 0 saturated heterocycles. The van der Waals surface area contributed by atoms with Crippen molar-refractivity contribution in [3.8, 4) is 6.07 Å². The van der Waals surface area contributed by atoms with Crippen LogP contribution in [0.1, 0.15) is 21.5 Å². The van der Waals surface area contributed by atoms with Gasteiger partial charge in [-0.3, -0.25) is 4.79 Å². The highest BCUT2D eigenvalue weighted by atomic mass is 16.2. The lowest BCUT2D eigenvalue weighted by atomic mass is 10.1. The molecule has 2 N–H and O–H groups in total. The maximum absolute atomic E-state index is 12.2. The highest BCUT2D eigenvalue weighted by Gasteiger charge is 2.11. The van der Waals surface area contributed by atoms with Gasteiger partial charge in [0.15, 0.2) is 0 Å². The molecule has 0 fully saturated rings. The molecule has 0 unspecified atom stereocenters. The molecule has 0 aliphatic heterocycles. The van der Waals surface area contributed by atoms with Crippen molar-refractivity contribution >= 4 is 11.6 Å². The third-order valence-corrected chi connectivity index (χ3v) is 3.01. The van der Waals surface area contributed by atoms with Crippen LogP contribution in [0.4, 0.5) is 5.69 Å². The van der Waals surface area contributed by atoms with Gasteiger partial charge in [0.25, 0.3) is 5.91 Å². The van der Waals surface area contributed by atoms with Crippen LogP contribution in [0.2, 0.25) is 0 Å². The third kappa shape index (κ3) is 3.15. The molecule has 1 amide bonds. The molecule has 0 heterocycles. The molecule has 100 valence electrons. The summed E-state index contributed by atoms with van der Waals surface area (Å²) in [7, 11) is 1.75. The normalized spacial score (nSPS) is 9.80. The summed E-state index contributed by atoms with van der Waals surface area (Å²) in [6.45, 7) is 0.495. The molecule has 2 aromatic carbocycles. The van der Waals surface area contributed by atoms with Crippen molar-refractivity contribution in [2.45, 2.75) is 6.54 Å². The van der Waals surface area contributed by atoms with E-state index in [1.54, 1.807) is 48.3 Å². The number of nitrogen functional groups attached to an aromatic ring is 1. The van der Waals surface area contributed by atoms with Crippen LogP contribution in [0.5, 0.6) is 0 Å². The predicted molar refractivity (Wildman–Crippen MR) is 77.8 cm³/mol. The first-order valence-electron chi connectivity index (χ1n) is 6.20. The van der Waals surface area contributed by atoms with Gasteiger partial charge in [0.1, 0.15) is 0 Å². The largest absolute Gasteiger partial charge is 0.399 e. The SMILES string of the molecule is CN(Cc1ccc(C#N)cc1)C(=O)c1ccc(N)cc1. The average molecular weight is 265 g/mol. The van der Waals surface area contributed by atoms with Gasteiger partial charge in [-0.05, 0) is 42.0 Å². The average Bonchev–Trinajstić information content (AvgIpc) is 2.48. The number of carbonyl (C=O) groups excluding carboxylic acids is 1. The summed E-state index contributed by atoms with van der Waals surface area (Å²) >= 11 is 0. The van der Waals surface area contributed by atoms with Crippen LogP contribution in [0, 0.1) is 11.3 Å². The smallest absolute Gasteiger partial charge is 0.253 e. The molecule has 2 aromatic rings. The van der Waals surface area contributed by atoms with Crippen LogP contribution < -0.4 is 5.73 Å². The zero-order chi connectivity index (χ0) is 14.5. The zero-order valence-corrected chi connectivity index (χ0v) is 11.2. The van der Waals surface area contributed by atoms with E-state index in [1.165, 1.54) is 0 Å². The Morgan fingerprint density at radius 2 is 1.75 bits per heavy atom. The molecular weight excluding hydrogens is 250 g/mol. The highest BCUT2D eigenvalue weighted by Crippen LogP contribution is 2.11. The van der Waals surface area contributed by atoms with E-state index in [0.717, 1.165) is 5.56 Å². The predicted octanol–water partition coefficient (Wildman–Crippen LogP) is 2.41. The van der Waals surface area contributed by atoms with Crippen molar-refractivity contribution in [3.63, 3.8) is 0 Å². The second kappa shape index (κ2) is 5.89. The van der Waals surface area contributed by atoms with Crippen molar-refractivity contribution in [2.75, 3.05) is 12.8 Å². The van der Waals surface area contributed by atoms with E-state index >= 15 is 0 Å². The molecule has 4 heteroatoms. The molecule has 0 saturated carbocycles. The van der Waals surface area contributed by atoms with Crippen molar-refractivity contribution in [1.29, 1.82) is 5.26 Å². The van der Waals surface area contributed by atoms with Crippen LogP contribution in [0.15, 0.2) is 48.5 Å². The number of anilines is 1. The van der Waals surface area contributed by atoms with Gasteiger partial charge in [0.2, 0.25) is 0 Å². The van der Waals surface area contributed by atoms with E-state index < -0.39 is 0 Å². The molecule has 20 heavy (non-hydrogen) atoms. The standard InChI is InChI=1S/C16H15N3O/c1-19(11-13-4-2-12(10-17)3-5-13)16(20)14-6-8-15(18)9-7-14/h2-9H,11,18H2,1H3. The van der Waals surface area contributed by atoms with Gasteiger partial charge in [-0.2, -0.15) is 5.26 Å². The van der Waals surface area contributed by atoms with Crippen molar-refractivity contribution in [1.82, 2.24) is 4.90 Å². The Kier molecular flexibility index (Phi) is 4.02. The summed E-state index contributed by atoms with van der Waals surface area (Å²) in [6.07, 6.45) is 0. The number of nitrogens with two attached hydrogens (primary N) is 1. The number of hydrogen-bond acceptors (Lipinski definition) is 3. The maximum atomic E-state index is 12.2. The Morgan fingerprint density at radius 1 is 1.15 bits per heavy atom. The van der Waals surface area contributed by atoms with Crippen molar-refractivity contribution < 1.29 is 4.79 Å². The molecule has 0 aliphatic rings. The Balaban J connectivity index is 2.07. The number of nitriles is 1. The van der Waals surface area contributed by atoms with Crippen LogP contribution in [0.25, 0.3) is 0 Å².